The molecule has 0 N–H and O–H groups in total. The smallest absolute Gasteiger partial charge is 0.203 e. The van der Waals surface area contributed by atoms with Gasteiger partial charge in [0, 0.05) is 12.2 Å². The number of pyridine rings is 1. The summed E-state index contributed by atoms with van der Waals surface area (Å²) in [4.78, 5) is 2.34. The van der Waals surface area contributed by atoms with Crippen molar-refractivity contribution >= 4 is 17.9 Å². The van der Waals surface area contributed by atoms with E-state index in [1.807, 2.05) is 33.5 Å². The normalized spacial score (nSPS) is 17.3. The predicted molar refractivity (Wildman–Crippen MR) is 89.3 cm³/mol. The summed E-state index contributed by atoms with van der Waals surface area (Å²) in [5.74, 6) is 0. The lowest BCUT2D eigenvalue weighted by molar-refractivity contribution is 0.182. The van der Waals surface area contributed by atoms with Gasteiger partial charge in [-0.2, -0.15) is 5.10 Å². The summed E-state index contributed by atoms with van der Waals surface area (Å²) >= 11 is 5.53. The maximum Gasteiger partial charge on any atom is 0.203 e. The summed E-state index contributed by atoms with van der Waals surface area (Å²) in [6, 6.07) is 15.1. The summed E-state index contributed by atoms with van der Waals surface area (Å²) < 4.78 is 4.60. The van der Waals surface area contributed by atoms with Gasteiger partial charge in [0.15, 0.2) is 5.65 Å². The van der Waals surface area contributed by atoms with Gasteiger partial charge in [0.05, 0.1) is 6.67 Å². The molecule has 1 unspecified atom stereocenters. The highest BCUT2D eigenvalue weighted by molar-refractivity contribution is 7.71. The van der Waals surface area contributed by atoms with Crippen LogP contribution in [-0.2, 0) is 13.1 Å². The first-order valence-corrected chi connectivity index (χ1v) is 7.97. The number of aryl methyl sites for hydroxylation is 1. The van der Waals surface area contributed by atoms with Crippen LogP contribution in [0.25, 0.3) is 5.65 Å². The zero-order chi connectivity index (χ0) is 15.1. The molecule has 2 heterocycles. The predicted octanol–water partition coefficient (Wildman–Crippen LogP) is 3.44. The Hall–Kier alpha value is -1.98. The lowest BCUT2D eigenvalue weighted by atomic mass is 10.1. The topological polar surface area (TPSA) is 25.5 Å². The van der Waals surface area contributed by atoms with Crippen LogP contribution in [0.4, 0.5) is 0 Å². The van der Waals surface area contributed by atoms with Crippen molar-refractivity contribution in [3.63, 3.8) is 0 Å². The van der Waals surface area contributed by atoms with Gasteiger partial charge in [0.25, 0.3) is 0 Å². The van der Waals surface area contributed by atoms with Gasteiger partial charge < -0.3 is 0 Å². The third kappa shape index (κ3) is 2.17. The van der Waals surface area contributed by atoms with Gasteiger partial charge in [0.1, 0.15) is 0 Å². The van der Waals surface area contributed by atoms with Crippen molar-refractivity contribution in [2.45, 2.75) is 25.6 Å². The molecule has 4 rings (SSSR count). The van der Waals surface area contributed by atoms with Crippen molar-refractivity contribution in [2.24, 2.45) is 0 Å². The van der Waals surface area contributed by atoms with Gasteiger partial charge in [-0.1, -0.05) is 30.3 Å². The number of benzene rings is 1. The fourth-order valence-electron chi connectivity index (χ4n) is 3.36. The van der Waals surface area contributed by atoms with E-state index < -0.39 is 0 Å². The standard InChI is InChI=1S/C17H18N4S/c1-19(15-10-9-13-6-2-3-7-14(13)15)12-21-17(22)20-11-5-4-8-16(20)18-21/h2-8,11,15H,9-10,12H2,1H3. The Kier molecular flexibility index (Phi) is 3.32. The molecule has 0 bridgehead atoms. The van der Waals surface area contributed by atoms with Crippen molar-refractivity contribution in [1.29, 1.82) is 0 Å². The summed E-state index contributed by atoms with van der Waals surface area (Å²) in [6.45, 7) is 0.708. The second-order valence-corrected chi connectivity index (χ2v) is 6.23. The van der Waals surface area contributed by atoms with Crippen LogP contribution in [0.15, 0.2) is 48.7 Å². The van der Waals surface area contributed by atoms with Crippen molar-refractivity contribution in [3.8, 4) is 0 Å². The second kappa shape index (κ2) is 5.34. The SMILES string of the molecule is CN(Cn1nc2ccccn2c1=S)C1CCc2ccccc21. The molecule has 0 fully saturated rings. The molecule has 0 radical (unpaired) electrons. The molecule has 5 heteroatoms. The van der Waals surface area contributed by atoms with Gasteiger partial charge >= 0.3 is 0 Å². The minimum absolute atomic E-state index is 0.447. The van der Waals surface area contributed by atoms with Crippen LogP contribution < -0.4 is 0 Å². The van der Waals surface area contributed by atoms with E-state index in [1.165, 1.54) is 11.1 Å². The summed E-state index contributed by atoms with van der Waals surface area (Å²) in [5, 5.41) is 4.61. The largest absolute Gasteiger partial charge is 0.280 e. The Morgan fingerprint density at radius 2 is 2.05 bits per heavy atom. The molecule has 112 valence electrons. The van der Waals surface area contributed by atoms with E-state index in [1.54, 1.807) is 0 Å². The highest BCUT2D eigenvalue weighted by Crippen LogP contribution is 2.34. The van der Waals surface area contributed by atoms with E-state index in [0.29, 0.717) is 12.7 Å². The van der Waals surface area contributed by atoms with Crippen LogP contribution in [0.5, 0.6) is 0 Å². The first kappa shape index (κ1) is 13.7. The third-order valence-corrected chi connectivity index (χ3v) is 4.89. The molecular formula is C17H18N4S. The van der Waals surface area contributed by atoms with E-state index in [4.69, 9.17) is 12.2 Å². The van der Waals surface area contributed by atoms with Gasteiger partial charge in [-0.3, -0.25) is 9.30 Å². The highest BCUT2D eigenvalue weighted by Gasteiger charge is 2.25. The molecule has 2 aromatic heterocycles. The monoisotopic (exact) mass is 310 g/mol. The van der Waals surface area contributed by atoms with Crippen molar-refractivity contribution in [3.05, 3.63) is 64.6 Å². The molecule has 0 amide bonds. The van der Waals surface area contributed by atoms with Crippen molar-refractivity contribution in [2.75, 3.05) is 7.05 Å². The molecule has 3 aromatic rings. The van der Waals surface area contributed by atoms with E-state index in [-0.39, 0.29) is 0 Å². The maximum atomic E-state index is 5.53. The van der Waals surface area contributed by atoms with Gasteiger partial charge in [-0.05, 0) is 55.4 Å². The molecular weight excluding hydrogens is 292 g/mol. The van der Waals surface area contributed by atoms with Crippen LogP contribution in [0, 0.1) is 4.77 Å². The fraction of sp³-hybridized carbons (Fsp3) is 0.294. The zero-order valence-corrected chi connectivity index (χ0v) is 13.3. The van der Waals surface area contributed by atoms with E-state index in [0.717, 1.165) is 23.3 Å². The zero-order valence-electron chi connectivity index (χ0n) is 12.5. The molecule has 1 aromatic carbocycles. The summed E-state index contributed by atoms with van der Waals surface area (Å²) in [7, 11) is 2.15. The number of hydrogen-bond donors (Lipinski definition) is 0. The maximum absolute atomic E-state index is 5.53. The molecule has 1 aliphatic rings. The molecule has 1 atom stereocenters. The minimum atomic E-state index is 0.447. The number of aromatic nitrogens is 3. The molecule has 22 heavy (non-hydrogen) atoms. The Labute approximate surface area is 134 Å². The number of hydrogen-bond acceptors (Lipinski definition) is 3. The van der Waals surface area contributed by atoms with Crippen molar-refractivity contribution < 1.29 is 0 Å². The van der Waals surface area contributed by atoms with E-state index >= 15 is 0 Å². The summed E-state index contributed by atoms with van der Waals surface area (Å²) in [5.41, 5.74) is 3.81. The van der Waals surface area contributed by atoms with Gasteiger partial charge in [-0.25, -0.2) is 4.68 Å². The number of fused-ring (bicyclic) bond motifs is 2. The van der Waals surface area contributed by atoms with Crippen LogP contribution >= 0.6 is 12.2 Å². The Morgan fingerprint density at radius 3 is 2.91 bits per heavy atom. The van der Waals surface area contributed by atoms with Gasteiger partial charge in [-0.15, -0.1) is 0 Å². The average Bonchev–Trinajstić information content (AvgIpc) is 3.10. The van der Waals surface area contributed by atoms with Crippen LogP contribution in [0.2, 0.25) is 0 Å². The van der Waals surface area contributed by atoms with Gasteiger partial charge in [0.2, 0.25) is 4.77 Å². The highest BCUT2D eigenvalue weighted by atomic mass is 32.1. The Balaban J connectivity index is 1.63. The Bertz CT molecular complexity index is 879. The second-order valence-electron chi connectivity index (χ2n) is 5.86. The third-order valence-electron chi connectivity index (χ3n) is 4.48. The first-order chi connectivity index (χ1) is 10.7. The van der Waals surface area contributed by atoms with Crippen molar-refractivity contribution in [1.82, 2.24) is 19.1 Å². The molecule has 0 aliphatic heterocycles. The Morgan fingerprint density at radius 1 is 1.23 bits per heavy atom. The molecule has 0 saturated carbocycles. The fourth-order valence-corrected chi connectivity index (χ4v) is 3.62. The number of nitrogens with zero attached hydrogens (tertiary/aromatic N) is 4. The van der Waals surface area contributed by atoms with E-state index in [2.05, 4.69) is 41.3 Å². The van der Waals surface area contributed by atoms with Crippen LogP contribution in [-0.4, -0.2) is 26.1 Å². The quantitative estimate of drug-likeness (QED) is 0.693. The average molecular weight is 310 g/mol. The van der Waals surface area contributed by atoms with Crippen LogP contribution in [0.3, 0.4) is 0 Å². The molecule has 0 spiro atoms. The lowest BCUT2D eigenvalue weighted by Crippen LogP contribution is -2.26. The van der Waals surface area contributed by atoms with Crippen LogP contribution in [0.1, 0.15) is 23.6 Å². The first-order valence-electron chi connectivity index (χ1n) is 7.56. The molecule has 0 saturated heterocycles. The number of rotatable bonds is 3. The molecule has 1 aliphatic carbocycles. The lowest BCUT2D eigenvalue weighted by Gasteiger charge is -2.24. The minimum Gasteiger partial charge on any atom is -0.280 e. The summed E-state index contributed by atoms with van der Waals surface area (Å²) in [6.07, 6.45) is 4.28. The molecule has 4 nitrogen and oxygen atoms in total. The van der Waals surface area contributed by atoms with E-state index in [9.17, 15) is 0 Å².